The number of hydrogen-bond acceptors (Lipinski definition) is 4. The van der Waals surface area contributed by atoms with Crippen molar-refractivity contribution < 1.29 is 26.7 Å². The molecule has 0 atom stereocenters. The van der Waals surface area contributed by atoms with Gasteiger partial charge in [-0.05, 0) is 12.1 Å². The average Bonchev–Trinajstić information content (AvgIpc) is 2.36. The van der Waals surface area contributed by atoms with Crippen LogP contribution < -0.4 is 4.90 Å². The Morgan fingerprint density at radius 3 is 2.24 bits per heavy atom. The number of anilines is 1. The standard InChI is InChI=1S/C12H17F3N2O3S/c1-16(2)21(19,20)11-6-4-3-5-10(11)17(7-8-18)9-12(13,14)15/h3-6,18H,7-9H2,1-2H3. The molecule has 0 bridgehead atoms. The molecular weight excluding hydrogens is 309 g/mol. The third kappa shape index (κ3) is 4.58. The van der Waals surface area contributed by atoms with Gasteiger partial charge in [-0.1, -0.05) is 12.1 Å². The van der Waals surface area contributed by atoms with Crippen LogP contribution in [0.1, 0.15) is 0 Å². The highest BCUT2D eigenvalue weighted by Crippen LogP contribution is 2.29. The molecule has 9 heteroatoms. The summed E-state index contributed by atoms with van der Waals surface area (Å²) in [5.41, 5.74) is -0.0856. The van der Waals surface area contributed by atoms with Crippen LogP contribution in [0.25, 0.3) is 0 Å². The van der Waals surface area contributed by atoms with Crippen LogP contribution in [0.3, 0.4) is 0 Å². The van der Waals surface area contributed by atoms with Crippen molar-refractivity contribution in [3.63, 3.8) is 0 Å². The maximum absolute atomic E-state index is 12.6. The molecule has 21 heavy (non-hydrogen) atoms. The van der Waals surface area contributed by atoms with E-state index in [0.29, 0.717) is 0 Å². The molecule has 0 aliphatic rings. The van der Waals surface area contributed by atoms with E-state index in [2.05, 4.69) is 0 Å². The summed E-state index contributed by atoms with van der Waals surface area (Å²) in [5.74, 6) is 0. The van der Waals surface area contributed by atoms with Crippen LogP contribution in [0, 0.1) is 0 Å². The minimum absolute atomic E-state index is 0.0856. The number of rotatable bonds is 6. The Bertz CT molecular complexity index is 573. The SMILES string of the molecule is CN(C)S(=O)(=O)c1ccccc1N(CCO)CC(F)(F)F. The van der Waals surface area contributed by atoms with Crippen molar-refractivity contribution in [3.05, 3.63) is 24.3 Å². The number of nitrogens with zero attached hydrogens (tertiary/aromatic N) is 2. The highest BCUT2D eigenvalue weighted by molar-refractivity contribution is 7.89. The third-order valence-electron chi connectivity index (χ3n) is 2.70. The van der Waals surface area contributed by atoms with Gasteiger partial charge in [-0.3, -0.25) is 0 Å². The van der Waals surface area contributed by atoms with Crippen LogP contribution >= 0.6 is 0 Å². The molecule has 1 aromatic rings. The number of sulfonamides is 1. The molecule has 1 N–H and O–H groups in total. The predicted molar refractivity (Wildman–Crippen MR) is 72.7 cm³/mol. The van der Waals surface area contributed by atoms with Gasteiger partial charge in [0.1, 0.15) is 11.4 Å². The molecule has 1 rings (SSSR count). The second-order valence-corrected chi connectivity index (χ2v) is 6.64. The molecule has 5 nitrogen and oxygen atoms in total. The lowest BCUT2D eigenvalue weighted by Crippen LogP contribution is -2.37. The van der Waals surface area contributed by atoms with Crippen LogP contribution in [0.5, 0.6) is 0 Å². The zero-order valence-corrected chi connectivity index (χ0v) is 12.4. The van der Waals surface area contributed by atoms with Gasteiger partial charge in [0, 0.05) is 20.6 Å². The third-order valence-corrected chi connectivity index (χ3v) is 4.57. The highest BCUT2D eigenvalue weighted by atomic mass is 32.2. The number of halogens is 3. The number of benzene rings is 1. The van der Waals surface area contributed by atoms with Crippen molar-refractivity contribution in [1.29, 1.82) is 0 Å². The summed E-state index contributed by atoms with van der Waals surface area (Å²) < 4.78 is 63.1. The van der Waals surface area contributed by atoms with Gasteiger partial charge in [0.25, 0.3) is 0 Å². The Labute approximate surface area is 121 Å². The molecule has 0 aromatic heterocycles. The van der Waals surface area contributed by atoms with Crippen LogP contribution in [0.2, 0.25) is 0 Å². The maximum atomic E-state index is 12.6. The summed E-state index contributed by atoms with van der Waals surface area (Å²) in [4.78, 5) is 0.573. The number of alkyl halides is 3. The van der Waals surface area contributed by atoms with Gasteiger partial charge < -0.3 is 10.0 Å². The normalized spacial score (nSPS) is 12.7. The van der Waals surface area contributed by atoms with Gasteiger partial charge in [-0.2, -0.15) is 13.2 Å². The minimum Gasteiger partial charge on any atom is -0.395 e. The van der Waals surface area contributed by atoms with Crippen LogP contribution in [-0.4, -0.2) is 57.8 Å². The highest BCUT2D eigenvalue weighted by Gasteiger charge is 2.33. The topological polar surface area (TPSA) is 60.9 Å². The smallest absolute Gasteiger partial charge is 0.395 e. The first kappa shape index (κ1) is 17.7. The fourth-order valence-electron chi connectivity index (χ4n) is 1.76. The summed E-state index contributed by atoms with van der Waals surface area (Å²) in [6.45, 7) is -2.18. The Balaban J connectivity index is 3.33. The zero-order chi connectivity index (χ0) is 16.3. The van der Waals surface area contributed by atoms with Crippen molar-refractivity contribution >= 4 is 15.7 Å². The van der Waals surface area contributed by atoms with Crippen molar-refractivity contribution in [2.45, 2.75) is 11.1 Å². The lowest BCUT2D eigenvalue weighted by Gasteiger charge is -2.27. The summed E-state index contributed by atoms with van der Waals surface area (Å²) in [7, 11) is -1.29. The first-order chi connectivity index (χ1) is 9.59. The maximum Gasteiger partial charge on any atom is 0.405 e. The van der Waals surface area contributed by atoms with Gasteiger partial charge in [0.2, 0.25) is 10.0 Å². The fraction of sp³-hybridized carbons (Fsp3) is 0.500. The quantitative estimate of drug-likeness (QED) is 0.856. The Kier molecular flexibility index (Phi) is 5.60. The van der Waals surface area contributed by atoms with E-state index >= 15 is 0 Å². The molecule has 0 radical (unpaired) electrons. The van der Waals surface area contributed by atoms with Crippen molar-refractivity contribution in [3.8, 4) is 0 Å². The van der Waals surface area contributed by atoms with Crippen LogP contribution in [0.4, 0.5) is 18.9 Å². The Hall–Kier alpha value is -1.32. The number of hydrogen-bond donors (Lipinski definition) is 1. The van der Waals surface area contributed by atoms with E-state index in [1.165, 1.54) is 38.4 Å². The molecule has 0 fully saturated rings. The number of aliphatic hydroxyl groups is 1. The van der Waals surface area contributed by atoms with E-state index in [-0.39, 0.29) is 17.1 Å². The van der Waals surface area contributed by atoms with Gasteiger partial charge in [0.05, 0.1) is 12.3 Å². The molecule has 0 unspecified atom stereocenters. The molecule has 0 heterocycles. The van der Waals surface area contributed by atoms with E-state index in [4.69, 9.17) is 5.11 Å². The second kappa shape index (κ2) is 6.63. The lowest BCUT2D eigenvalue weighted by molar-refractivity contribution is -0.119. The first-order valence-electron chi connectivity index (χ1n) is 6.03. The summed E-state index contributed by atoms with van der Waals surface area (Å²) in [5, 5.41) is 8.93. The van der Waals surface area contributed by atoms with Gasteiger partial charge in [0.15, 0.2) is 0 Å². The van der Waals surface area contributed by atoms with E-state index in [1.807, 2.05) is 0 Å². The molecule has 0 aliphatic heterocycles. The summed E-state index contributed by atoms with van der Waals surface area (Å²) in [6.07, 6.45) is -4.51. The Morgan fingerprint density at radius 2 is 1.76 bits per heavy atom. The largest absolute Gasteiger partial charge is 0.405 e. The van der Waals surface area contributed by atoms with Gasteiger partial charge in [-0.25, -0.2) is 12.7 Å². The van der Waals surface area contributed by atoms with Gasteiger partial charge in [-0.15, -0.1) is 0 Å². The molecule has 0 spiro atoms. The Morgan fingerprint density at radius 1 is 1.19 bits per heavy atom. The average molecular weight is 326 g/mol. The van der Waals surface area contributed by atoms with Crippen molar-refractivity contribution in [2.75, 3.05) is 38.7 Å². The first-order valence-corrected chi connectivity index (χ1v) is 7.47. The van der Waals surface area contributed by atoms with E-state index < -0.39 is 29.4 Å². The van der Waals surface area contributed by atoms with E-state index in [9.17, 15) is 21.6 Å². The zero-order valence-electron chi connectivity index (χ0n) is 11.6. The molecule has 120 valence electrons. The molecule has 1 aromatic carbocycles. The van der Waals surface area contributed by atoms with Crippen molar-refractivity contribution in [1.82, 2.24) is 4.31 Å². The molecular formula is C12H17F3N2O3S. The van der Waals surface area contributed by atoms with Crippen LogP contribution in [-0.2, 0) is 10.0 Å². The monoisotopic (exact) mass is 326 g/mol. The van der Waals surface area contributed by atoms with E-state index in [1.54, 1.807) is 0 Å². The summed E-state index contributed by atoms with van der Waals surface area (Å²) in [6, 6.07) is 5.42. The minimum atomic E-state index is -4.51. The molecule has 0 amide bonds. The summed E-state index contributed by atoms with van der Waals surface area (Å²) >= 11 is 0. The van der Waals surface area contributed by atoms with E-state index in [0.717, 1.165) is 9.21 Å². The predicted octanol–water partition coefficient (Wildman–Crippen LogP) is 1.30. The number of aliphatic hydroxyl groups excluding tert-OH is 1. The molecule has 0 saturated carbocycles. The second-order valence-electron chi connectivity index (χ2n) is 4.52. The molecule has 0 aliphatic carbocycles. The lowest BCUT2D eigenvalue weighted by atomic mass is 10.3. The fourth-order valence-corrected chi connectivity index (χ4v) is 2.86. The van der Waals surface area contributed by atoms with Crippen LogP contribution in [0.15, 0.2) is 29.2 Å². The molecule has 0 saturated heterocycles. The number of para-hydroxylation sites is 1. The van der Waals surface area contributed by atoms with Gasteiger partial charge >= 0.3 is 6.18 Å². The van der Waals surface area contributed by atoms with Crippen molar-refractivity contribution in [2.24, 2.45) is 0 Å².